The fraction of sp³-hybridized carbons (Fsp3) is 0.381. The first kappa shape index (κ1) is 20.1. The van der Waals surface area contributed by atoms with Crippen molar-refractivity contribution < 1.29 is 9.53 Å². The largest absolute Gasteiger partial charge is 0.378 e. The van der Waals surface area contributed by atoms with E-state index in [9.17, 15) is 15.3 Å². The van der Waals surface area contributed by atoms with E-state index in [0.717, 1.165) is 30.2 Å². The zero-order valence-electron chi connectivity index (χ0n) is 16.2. The number of rotatable bonds is 6. The van der Waals surface area contributed by atoms with Gasteiger partial charge in [0.25, 0.3) is 0 Å². The number of carbonyl (C=O) groups is 1. The minimum absolute atomic E-state index is 0.171. The van der Waals surface area contributed by atoms with E-state index in [1.807, 2.05) is 4.90 Å². The molecule has 0 aromatic carbocycles. The van der Waals surface area contributed by atoms with Crippen molar-refractivity contribution in [1.29, 1.82) is 10.5 Å². The summed E-state index contributed by atoms with van der Waals surface area (Å²) in [6, 6.07) is 7.98. The Balaban J connectivity index is 1.84. The second-order valence-electron chi connectivity index (χ2n) is 7.18. The molecular formula is C21H20N6O2S. The van der Waals surface area contributed by atoms with Gasteiger partial charge >= 0.3 is 0 Å². The van der Waals surface area contributed by atoms with E-state index in [0.29, 0.717) is 53.8 Å². The van der Waals surface area contributed by atoms with Crippen LogP contribution in [-0.2, 0) is 9.53 Å². The van der Waals surface area contributed by atoms with Gasteiger partial charge in [-0.25, -0.2) is 4.98 Å². The van der Waals surface area contributed by atoms with E-state index in [2.05, 4.69) is 17.1 Å². The zero-order valence-corrected chi connectivity index (χ0v) is 17.1. The highest BCUT2D eigenvalue weighted by Crippen LogP contribution is 2.48. The molecule has 1 unspecified atom stereocenters. The molecule has 3 heterocycles. The van der Waals surface area contributed by atoms with Crippen LogP contribution in [0.2, 0.25) is 0 Å². The lowest BCUT2D eigenvalue weighted by molar-refractivity contribution is -0.117. The number of hydrogen-bond donors (Lipinski definition) is 1. The Labute approximate surface area is 178 Å². The number of anilines is 1. The number of pyridine rings is 2. The highest BCUT2D eigenvalue weighted by atomic mass is 32.2. The molecule has 2 fully saturated rings. The van der Waals surface area contributed by atoms with Crippen LogP contribution in [0.3, 0.4) is 0 Å². The van der Waals surface area contributed by atoms with E-state index in [1.54, 1.807) is 24.5 Å². The molecule has 30 heavy (non-hydrogen) atoms. The van der Waals surface area contributed by atoms with Crippen LogP contribution >= 0.6 is 11.8 Å². The summed E-state index contributed by atoms with van der Waals surface area (Å²) in [6.45, 7) is 2.33. The Morgan fingerprint density at radius 1 is 1.20 bits per heavy atom. The Kier molecular flexibility index (Phi) is 5.84. The number of aromatic nitrogens is 2. The summed E-state index contributed by atoms with van der Waals surface area (Å²) in [5.41, 5.74) is 7.96. The Bertz CT molecular complexity index is 1040. The second-order valence-corrected chi connectivity index (χ2v) is 8.28. The SMILES string of the molecule is N#Cc1c(SC(C(N)=O)c2ccncc2)nc(N2CCOCC2)c(C#N)c1C1CC1. The topological polar surface area (TPSA) is 129 Å². The van der Waals surface area contributed by atoms with Gasteiger partial charge in [-0.2, -0.15) is 10.5 Å². The molecule has 2 N–H and O–H groups in total. The minimum atomic E-state index is -0.717. The summed E-state index contributed by atoms with van der Waals surface area (Å²) in [5, 5.41) is 19.6. The lowest BCUT2D eigenvalue weighted by atomic mass is 9.99. The van der Waals surface area contributed by atoms with Gasteiger partial charge in [-0.15, -0.1) is 0 Å². The lowest BCUT2D eigenvalue weighted by Gasteiger charge is -2.30. The fourth-order valence-electron chi connectivity index (χ4n) is 3.60. The van der Waals surface area contributed by atoms with Crippen molar-refractivity contribution >= 4 is 23.5 Å². The van der Waals surface area contributed by atoms with Gasteiger partial charge in [0, 0.05) is 25.5 Å². The molecule has 1 atom stereocenters. The van der Waals surface area contributed by atoms with Crippen molar-refractivity contribution in [2.75, 3.05) is 31.2 Å². The number of hydrogen-bond acceptors (Lipinski definition) is 8. The average molecular weight is 420 g/mol. The molecule has 1 aliphatic carbocycles. The molecule has 152 valence electrons. The number of amides is 1. The van der Waals surface area contributed by atoms with Crippen LogP contribution in [0, 0.1) is 22.7 Å². The number of carbonyl (C=O) groups excluding carboxylic acids is 1. The van der Waals surface area contributed by atoms with Gasteiger partial charge in [0.15, 0.2) is 0 Å². The van der Waals surface area contributed by atoms with Gasteiger partial charge in [0.05, 0.1) is 24.3 Å². The molecule has 2 aromatic heterocycles. The molecule has 1 amide bonds. The predicted molar refractivity (Wildman–Crippen MR) is 111 cm³/mol. The van der Waals surface area contributed by atoms with E-state index in [4.69, 9.17) is 15.5 Å². The third-order valence-corrected chi connectivity index (χ3v) is 6.46. The van der Waals surface area contributed by atoms with E-state index in [1.165, 1.54) is 0 Å². The van der Waals surface area contributed by atoms with Crippen LogP contribution in [0.5, 0.6) is 0 Å². The molecule has 9 heteroatoms. The molecule has 0 bridgehead atoms. The maximum Gasteiger partial charge on any atom is 0.235 e. The molecule has 8 nitrogen and oxygen atoms in total. The van der Waals surface area contributed by atoms with Gasteiger partial charge in [-0.05, 0) is 42.0 Å². The van der Waals surface area contributed by atoms with Gasteiger partial charge in [-0.3, -0.25) is 9.78 Å². The number of ether oxygens (including phenoxy) is 1. The number of thioether (sulfide) groups is 1. The molecule has 1 saturated carbocycles. The van der Waals surface area contributed by atoms with E-state index >= 15 is 0 Å². The lowest BCUT2D eigenvalue weighted by Crippen LogP contribution is -2.37. The number of nitrogens with two attached hydrogens (primary N) is 1. The van der Waals surface area contributed by atoms with Gasteiger partial charge < -0.3 is 15.4 Å². The maximum atomic E-state index is 12.2. The molecule has 0 spiro atoms. The average Bonchev–Trinajstić information content (AvgIpc) is 3.62. The van der Waals surface area contributed by atoms with Crippen molar-refractivity contribution in [1.82, 2.24) is 9.97 Å². The quantitative estimate of drug-likeness (QED) is 0.705. The molecule has 0 radical (unpaired) electrons. The van der Waals surface area contributed by atoms with Gasteiger partial charge in [0.2, 0.25) is 5.91 Å². The fourth-order valence-corrected chi connectivity index (χ4v) is 4.64. The third kappa shape index (κ3) is 3.95. The minimum Gasteiger partial charge on any atom is -0.378 e. The molecular weight excluding hydrogens is 400 g/mol. The normalized spacial score (nSPS) is 17.1. The van der Waals surface area contributed by atoms with Crippen LogP contribution in [0.4, 0.5) is 5.82 Å². The molecule has 1 aliphatic heterocycles. The van der Waals surface area contributed by atoms with Crippen molar-refractivity contribution in [2.24, 2.45) is 5.73 Å². The number of nitrogens with zero attached hydrogens (tertiary/aromatic N) is 5. The van der Waals surface area contributed by atoms with Gasteiger partial charge in [-0.1, -0.05) is 11.8 Å². The van der Waals surface area contributed by atoms with Crippen LogP contribution < -0.4 is 10.6 Å². The van der Waals surface area contributed by atoms with Crippen LogP contribution in [-0.4, -0.2) is 42.2 Å². The summed E-state index contributed by atoms with van der Waals surface area (Å²) < 4.78 is 5.44. The summed E-state index contributed by atoms with van der Waals surface area (Å²) in [4.78, 5) is 23.0. The zero-order chi connectivity index (χ0) is 21.1. The first-order valence-corrected chi connectivity index (χ1v) is 10.6. The van der Waals surface area contributed by atoms with Crippen LogP contribution in [0.25, 0.3) is 0 Å². The summed E-state index contributed by atoms with van der Waals surface area (Å²) in [5.74, 6) is 0.202. The van der Waals surface area contributed by atoms with E-state index in [-0.39, 0.29) is 5.92 Å². The summed E-state index contributed by atoms with van der Waals surface area (Å²) in [7, 11) is 0. The molecule has 1 saturated heterocycles. The number of nitriles is 2. The van der Waals surface area contributed by atoms with Crippen molar-refractivity contribution in [2.45, 2.75) is 29.0 Å². The highest BCUT2D eigenvalue weighted by molar-refractivity contribution is 8.00. The summed E-state index contributed by atoms with van der Waals surface area (Å²) in [6.07, 6.45) is 5.06. The first-order valence-electron chi connectivity index (χ1n) is 9.70. The molecule has 2 aromatic rings. The number of morpholine rings is 1. The van der Waals surface area contributed by atoms with Crippen LogP contribution in [0.15, 0.2) is 29.6 Å². The molecule has 4 rings (SSSR count). The third-order valence-electron chi connectivity index (χ3n) is 5.20. The first-order chi connectivity index (χ1) is 14.6. The molecule has 2 aliphatic rings. The monoisotopic (exact) mass is 420 g/mol. The Morgan fingerprint density at radius 3 is 2.43 bits per heavy atom. The highest BCUT2D eigenvalue weighted by Gasteiger charge is 2.35. The van der Waals surface area contributed by atoms with Crippen molar-refractivity contribution in [3.8, 4) is 12.1 Å². The second kappa shape index (κ2) is 8.70. The summed E-state index contributed by atoms with van der Waals surface area (Å²) >= 11 is 1.15. The van der Waals surface area contributed by atoms with Crippen molar-refractivity contribution in [3.05, 3.63) is 46.8 Å². The van der Waals surface area contributed by atoms with Crippen molar-refractivity contribution in [3.63, 3.8) is 0 Å². The number of primary amides is 1. The maximum absolute atomic E-state index is 12.2. The Hall–Kier alpha value is -3.14. The standard InChI is InChI=1S/C21H20N6O2S/c22-11-15-17(13-1-2-13)16(12-23)21(26-20(15)27-7-9-29-10-8-27)30-18(19(24)28)14-3-5-25-6-4-14/h3-6,13,18H,1-2,7-10H2,(H2,24,28). The van der Waals surface area contributed by atoms with E-state index < -0.39 is 11.2 Å². The van der Waals surface area contributed by atoms with Crippen LogP contribution in [0.1, 0.15) is 46.3 Å². The predicted octanol–water partition coefficient (Wildman–Crippen LogP) is 2.25. The Morgan fingerprint density at radius 2 is 1.87 bits per heavy atom. The van der Waals surface area contributed by atoms with Gasteiger partial charge in [0.1, 0.15) is 28.2 Å². The smallest absolute Gasteiger partial charge is 0.235 e.